The second kappa shape index (κ2) is 9.28. The summed E-state index contributed by atoms with van der Waals surface area (Å²) in [7, 11) is 0. The third-order valence-electron chi connectivity index (χ3n) is 3.51. The van der Waals surface area contributed by atoms with Gasteiger partial charge in [0.25, 0.3) is 0 Å². The zero-order valence-electron chi connectivity index (χ0n) is 12.6. The lowest BCUT2D eigenvalue weighted by Gasteiger charge is -2.07. The molecule has 0 fully saturated rings. The molecule has 0 unspecified atom stereocenters. The zero-order chi connectivity index (χ0) is 15.6. The molecule has 0 heterocycles. The molecule has 0 atom stereocenters. The number of nitrogens with one attached hydrogen (secondary N) is 2. The molecule has 0 aliphatic heterocycles. The third kappa shape index (κ3) is 5.92. The Labute approximate surface area is 130 Å². The Balaban J connectivity index is 1.49. The minimum absolute atomic E-state index is 0.137. The Bertz CT molecular complexity index is 555. The molecule has 2 nitrogen and oxygen atoms in total. The van der Waals surface area contributed by atoms with Gasteiger partial charge in [-0.3, -0.25) is 0 Å². The lowest BCUT2D eigenvalue weighted by molar-refractivity contribution is 0.585. The number of benzene rings is 2. The van der Waals surface area contributed by atoms with E-state index in [1.165, 1.54) is 18.2 Å². The molecule has 2 aromatic rings. The van der Waals surface area contributed by atoms with E-state index in [9.17, 15) is 8.78 Å². The van der Waals surface area contributed by atoms with Crippen molar-refractivity contribution in [3.05, 3.63) is 71.3 Å². The Morgan fingerprint density at radius 1 is 0.682 bits per heavy atom. The first-order valence-electron chi connectivity index (χ1n) is 7.65. The molecular weight excluding hydrogens is 282 g/mol. The van der Waals surface area contributed by atoms with Crippen molar-refractivity contribution < 1.29 is 8.78 Å². The molecule has 0 radical (unpaired) electrons. The molecule has 22 heavy (non-hydrogen) atoms. The Kier molecular flexibility index (Phi) is 7.00. The van der Waals surface area contributed by atoms with E-state index in [-0.39, 0.29) is 11.6 Å². The van der Waals surface area contributed by atoms with Crippen LogP contribution in [0.4, 0.5) is 8.78 Å². The van der Waals surface area contributed by atoms with E-state index in [0.717, 1.165) is 43.7 Å². The standard InChI is InChI=1S/C18H22F2N2/c19-17-7-5-15(6-8-17)9-11-21-13-14-22-12-10-16-3-1-2-4-18(16)20/h1-8,21-22H,9-14H2. The van der Waals surface area contributed by atoms with Gasteiger partial charge >= 0.3 is 0 Å². The van der Waals surface area contributed by atoms with E-state index in [1.54, 1.807) is 6.07 Å². The van der Waals surface area contributed by atoms with E-state index >= 15 is 0 Å². The van der Waals surface area contributed by atoms with Gasteiger partial charge in [-0.1, -0.05) is 30.3 Å². The summed E-state index contributed by atoms with van der Waals surface area (Å²) in [6, 6.07) is 13.5. The molecule has 0 bridgehead atoms. The van der Waals surface area contributed by atoms with Crippen LogP contribution < -0.4 is 10.6 Å². The van der Waals surface area contributed by atoms with Gasteiger partial charge in [0.05, 0.1) is 0 Å². The van der Waals surface area contributed by atoms with Crippen molar-refractivity contribution in [2.75, 3.05) is 26.2 Å². The topological polar surface area (TPSA) is 24.1 Å². The van der Waals surface area contributed by atoms with Gasteiger partial charge in [-0.2, -0.15) is 0 Å². The van der Waals surface area contributed by atoms with Crippen molar-refractivity contribution in [1.82, 2.24) is 10.6 Å². The van der Waals surface area contributed by atoms with Crippen LogP contribution in [0.25, 0.3) is 0 Å². The van der Waals surface area contributed by atoms with Gasteiger partial charge in [0.1, 0.15) is 11.6 Å². The van der Waals surface area contributed by atoms with Crippen molar-refractivity contribution in [2.45, 2.75) is 12.8 Å². The number of hydrogen-bond acceptors (Lipinski definition) is 2. The summed E-state index contributed by atoms with van der Waals surface area (Å²) >= 11 is 0. The molecule has 0 saturated carbocycles. The molecule has 0 aliphatic rings. The second-order valence-corrected chi connectivity index (χ2v) is 5.22. The van der Waals surface area contributed by atoms with Gasteiger partial charge in [-0.15, -0.1) is 0 Å². The van der Waals surface area contributed by atoms with Crippen LogP contribution in [0, 0.1) is 11.6 Å². The van der Waals surface area contributed by atoms with Crippen LogP contribution in [-0.2, 0) is 12.8 Å². The monoisotopic (exact) mass is 304 g/mol. The predicted octanol–water partition coefficient (Wildman–Crippen LogP) is 2.93. The minimum atomic E-state index is -0.198. The summed E-state index contributed by atoms with van der Waals surface area (Å²) in [5.41, 5.74) is 1.88. The maximum Gasteiger partial charge on any atom is 0.126 e. The highest BCUT2D eigenvalue weighted by molar-refractivity contribution is 5.17. The average Bonchev–Trinajstić information content (AvgIpc) is 2.53. The summed E-state index contributed by atoms with van der Waals surface area (Å²) < 4.78 is 26.1. The molecule has 4 heteroatoms. The smallest absolute Gasteiger partial charge is 0.126 e. The van der Waals surface area contributed by atoms with Crippen LogP contribution in [0.5, 0.6) is 0 Å². The van der Waals surface area contributed by atoms with E-state index < -0.39 is 0 Å². The normalized spacial score (nSPS) is 10.8. The first kappa shape index (κ1) is 16.6. The fourth-order valence-corrected chi connectivity index (χ4v) is 2.23. The number of rotatable bonds is 9. The van der Waals surface area contributed by atoms with E-state index in [0.29, 0.717) is 6.42 Å². The van der Waals surface area contributed by atoms with Crippen LogP contribution >= 0.6 is 0 Å². The van der Waals surface area contributed by atoms with Crippen molar-refractivity contribution >= 4 is 0 Å². The molecule has 2 rings (SSSR count). The molecular formula is C18H22F2N2. The highest BCUT2D eigenvalue weighted by Crippen LogP contribution is 2.06. The lowest BCUT2D eigenvalue weighted by Crippen LogP contribution is -2.29. The van der Waals surface area contributed by atoms with Gasteiger partial charge in [0, 0.05) is 13.1 Å². The Morgan fingerprint density at radius 3 is 2.00 bits per heavy atom. The van der Waals surface area contributed by atoms with E-state index in [2.05, 4.69) is 10.6 Å². The first-order valence-corrected chi connectivity index (χ1v) is 7.65. The lowest BCUT2D eigenvalue weighted by atomic mass is 10.1. The molecule has 0 spiro atoms. The Morgan fingerprint density at radius 2 is 1.32 bits per heavy atom. The van der Waals surface area contributed by atoms with Gasteiger partial charge in [0.2, 0.25) is 0 Å². The molecule has 2 N–H and O–H groups in total. The van der Waals surface area contributed by atoms with Crippen molar-refractivity contribution in [2.24, 2.45) is 0 Å². The van der Waals surface area contributed by atoms with E-state index in [4.69, 9.17) is 0 Å². The fourth-order valence-electron chi connectivity index (χ4n) is 2.23. The fraction of sp³-hybridized carbons (Fsp3) is 0.333. The highest BCUT2D eigenvalue weighted by atomic mass is 19.1. The van der Waals surface area contributed by atoms with Crippen LogP contribution in [0.2, 0.25) is 0 Å². The molecule has 0 amide bonds. The van der Waals surface area contributed by atoms with Crippen molar-refractivity contribution in [3.8, 4) is 0 Å². The quantitative estimate of drug-likeness (QED) is 0.696. The Hall–Kier alpha value is -1.78. The summed E-state index contributed by atoms with van der Waals surface area (Å²) in [6.45, 7) is 3.33. The average molecular weight is 304 g/mol. The van der Waals surface area contributed by atoms with Crippen LogP contribution in [-0.4, -0.2) is 26.2 Å². The zero-order valence-corrected chi connectivity index (χ0v) is 12.6. The summed E-state index contributed by atoms with van der Waals surface area (Å²) in [5, 5.41) is 6.62. The molecule has 0 aromatic heterocycles. The van der Waals surface area contributed by atoms with Crippen LogP contribution in [0.1, 0.15) is 11.1 Å². The summed E-state index contributed by atoms with van der Waals surface area (Å²) in [4.78, 5) is 0. The maximum atomic E-state index is 13.4. The summed E-state index contributed by atoms with van der Waals surface area (Å²) in [6.07, 6.45) is 1.58. The second-order valence-electron chi connectivity index (χ2n) is 5.22. The summed E-state index contributed by atoms with van der Waals surface area (Å²) in [5.74, 6) is -0.336. The first-order chi connectivity index (χ1) is 10.8. The molecule has 0 aliphatic carbocycles. The van der Waals surface area contributed by atoms with Gasteiger partial charge in [-0.25, -0.2) is 8.78 Å². The highest BCUT2D eigenvalue weighted by Gasteiger charge is 1.99. The van der Waals surface area contributed by atoms with Gasteiger partial charge in [0.15, 0.2) is 0 Å². The van der Waals surface area contributed by atoms with E-state index in [1.807, 2.05) is 24.3 Å². The molecule has 2 aromatic carbocycles. The number of halogens is 2. The van der Waals surface area contributed by atoms with Crippen molar-refractivity contribution in [1.29, 1.82) is 0 Å². The maximum absolute atomic E-state index is 13.4. The van der Waals surface area contributed by atoms with Crippen molar-refractivity contribution in [3.63, 3.8) is 0 Å². The van der Waals surface area contributed by atoms with Crippen LogP contribution in [0.15, 0.2) is 48.5 Å². The molecule has 0 saturated heterocycles. The predicted molar refractivity (Wildman–Crippen MR) is 85.9 cm³/mol. The van der Waals surface area contributed by atoms with Gasteiger partial charge < -0.3 is 10.6 Å². The van der Waals surface area contributed by atoms with Gasteiger partial charge in [-0.05, 0) is 55.3 Å². The minimum Gasteiger partial charge on any atom is -0.315 e. The third-order valence-corrected chi connectivity index (χ3v) is 3.51. The van der Waals surface area contributed by atoms with Crippen LogP contribution in [0.3, 0.4) is 0 Å². The SMILES string of the molecule is Fc1ccc(CCNCCNCCc2ccccc2F)cc1. The largest absolute Gasteiger partial charge is 0.315 e. The number of hydrogen-bond donors (Lipinski definition) is 2. The molecule has 118 valence electrons.